The van der Waals surface area contributed by atoms with Crippen molar-refractivity contribution < 1.29 is 19.1 Å². The number of amides is 3. The number of imide groups is 1. The number of likely N-dealkylation sites (N-methyl/N-ethyl adjacent to an activating group) is 1. The van der Waals surface area contributed by atoms with E-state index < -0.39 is 0 Å². The van der Waals surface area contributed by atoms with Gasteiger partial charge in [0.15, 0.2) is 18.2 Å². The molecule has 3 amide bonds. The van der Waals surface area contributed by atoms with Crippen LogP contribution in [0.1, 0.15) is 50.0 Å². The molecular formula is C35H39ClN8O5. The number of carbonyl (C=O) groups excluding carboxylic acids is 3. The van der Waals surface area contributed by atoms with Gasteiger partial charge >= 0.3 is 0 Å². The number of benzene rings is 2. The van der Waals surface area contributed by atoms with Crippen molar-refractivity contribution >= 4 is 63.4 Å². The lowest BCUT2D eigenvalue weighted by Crippen LogP contribution is -2.39. The van der Waals surface area contributed by atoms with E-state index in [0.29, 0.717) is 52.8 Å². The van der Waals surface area contributed by atoms with Gasteiger partial charge in [0.2, 0.25) is 17.8 Å². The van der Waals surface area contributed by atoms with E-state index in [4.69, 9.17) is 16.3 Å². The van der Waals surface area contributed by atoms with Crippen molar-refractivity contribution in [2.45, 2.75) is 50.5 Å². The molecule has 2 aliphatic rings. The predicted octanol–water partition coefficient (Wildman–Crippen LogP) is 4.45. The Morgan fingerprint density at radius 2 is 1.86 bits per heavy atom. The number of nitrogens with zero attached hydrogens (tertiary/aromatic N) is 3. The Hall–Kier alpha value is -5.17. The number of aromatic nitrogens is 3. The van der Waals surface area contributed by atoms with Gasteiger partial charge in [0.25, 0.3) is 11.5 Å². The van der Waals surface area contributed by atoms with Crippen molar-refractivity contribution in [2.24, 2.45) is 13.0 Å². The van der Waals surface area contributed by atoms with Crippen LogP contribution in [0.4, 0.5) is 23.1 Å². The summed E-state index contributed by atoms with van der Waals surface area (Å²) in [5.74, 6) is 0.362. The third-order valence-corrected chi connectivity index (χ3v) is 9.41. The second-order valence-electron chi connectivity index (χ2n) is 12.5. The molecule has 2 fully saturated rings. The third-order valence-electron chi connectivity index (χ3n) is 9.13. The maximum absolute atomic E-state index is 12.7. The van der Waals surface area contributed by atoms with Gasteiger partial charge < -0.3 is 30.6 Å². The van der Waals surface area contributed by atoms with E-state index in [0.717, 1.165) is 48.9 Å². The van der Waals surface area contributed by atoms with Gasteiger partial charge in [-0.25, -0.2) is 4.98 Å². The van der Waals surface area contributed by atoms with E-state index in [1.807, 2.05) is 42.5 Å². The maximum Gasteiger partial charge on any atom is 0.293 e. The summed E-state index contributed by atoms with van der Waals surface area (Å²) in [6.45, 7) is 0.462. The summed E-state index contributed by atoms with van der Waals surface area (Å²) in [5, 5.41) is 16.3. The van der Waals surface area contributed by atoms with E-state index in [1.54, 1.807) is 19.3 Å². The summed E-state index contributed by atoms with van der Waals surface area (Å²) in [4.78, 5) is 57.2. The van der Waals surface area contributed by atoms with Gasteiger partial charge in [-0.3, -0.25) is 24.5 Å². The van der Waals surface area contributed by atoms with Crippen molar-refractivity contribution in [3.05, 3.63) is 75.7 Å². The molecular weight excluding hydrogens is 648 g/mol. The number of halogens is 1. The number of aryl methyl sites for hydroxylation is 1. The second-order valence-corrected chi connectivity index (χ2v) is 12.9. The molecule has 0 spiro atoms. The standard InChI is InChI=1S/C35H39ClN8O5/c1-37-31(46)19-49-29-16-22-15-25(10-12-28(22)44(2)34(29)48)41-32-27(36)18-39-35(43-32)38-17-20-6-8-23(9-7-20)40-24-5-3-4-21(14-24)26-11-13-30(45)42-33(26)47/h3-5,10,12,14-16,18,20,23,26,40H,6-9,11,13,17,19H2,1-2H3,(H,37,46)(H,42,45,47)(H2,38,39,41,43)/t20-,23+,26-/m0/s1. The third kappa shape index (κ3) is 8.11. The smallest absolute Gasteiger partial charge is 0.293 e. The SMILES string of the molecule is CNC(=O)COc1cc2cc(Nc3nc(NC[C@H]4CC[C@@H](Nc5cccc([C@@H]6CCC(=O)NC6=O)c5)CC4)ncc3Cl)ccc2n(C)c1=O. The van der Waals surface area contributed by atoms with Crippen LogP contribution in [0.5, 0.6) is 5.75 Å². The van der Waals surface area contributed by atoms with Crippen LogP contribution in [0.25, 0.3) is 10.9 Å². The van der Waals surface area contributed by atoms with Crippen LogP contribution in [0.15, 0.2) is 59.5 Å². The van der Waals surface area contributed by atoms with E-state index in [1.165, 1.54) is 11.6 Å². The van der Waals surface area contributed by atoms with Crippen LogP contribution in [0.2, 0.25) is 5.02 Å². The van der Waals surface area contributed by atoms with Gasteiger partial charge in [0, 0.05) is 49.9 Å². The normalized spacial score (nSPS) is 19.2. The Morgan fingerprint density at radius 3 is 2.63 bits per heavy atom. The summed E-state index contributed by atoms with van der Waals surface area (Å²) in [5.41, 5.74) is 2.97. The monoisotopic (exact) mass is 686 g/mol. The highest BCUT2D eigenvalue weighted by atomic mass is 35.5. The van der Waals surface area contributed by atoms with Crippen LogP contribution < -0.4 is 36.9 Å². The zero-order valence-corrected chi connectivity index (χ0v) is 28.1. The quantitative estimate of drug-likeness (QED) is 0.142. The Labute approximate surface area is 288 Å². The molecule has 49 heavy (non-hydrogen) atoms. The number of pyridine rings is 1. The first-order chi connectivity index (χ1) is 23.7. The molecule has 1 aliphatic carbocycles. The molecule has 13 nitrogen and oxygen atoms in total. The molecule has 2 aromatic heterocycles. The molecule has 1 atom stereocenters. The average Bonchev–Trinajstić information content (AvgIpc) is 3.10. The van der Waals surface area contributed by atoms with Crippen molar-refractivity contribution in [1.29, 1.82) is 0 Å². The molecule has 5 N–H and O–H groups in total. The highest BCUT2D eigenvalue weighted by Crippen LogP contribution is 2.31. The molecule has 4 aromatic rings. The lowest BCUT2D eigenvalue weighted by molar-refractivity contribution is -0.134. The van der Waals surface area contributed by atoms with Crippen molar-refractivity contribution in [1.82, 2.24) is 25.2 Å². The zero-order chi connectivity index (χ0) is 34.5. The van der Waals surface area contributed by atoms with Crippen LogP contribution in [-0.2, 0) is 21.4 Å². The Bertz CT molecular complexity index is 1940. The van der Waals surface area contributed by atoms with E-state index in [2.05, 4.69) is 36.6 Å². The van der Waals surface area contributed by atoms with E-state index in [-0.39, 0.29) is 41.6 Å². The van der Waals surface area contributed by atoms with Crippen LogP contribution >= 0.6 is 11.6 Å². The molecule has 0 unspecified atom stereocenters. The van der Waals surface area contributed by atoms with Gasteiger partial charge in [-0.05, 0) is 80.0 Å². The molecule has 3 heterocycles. The summed E-state index contributed by atoms with van der Waals surface area (Å²) in [6, 6.07) is 15.4. The first-order valence-electron chi connectivity index (χ1n) is 16.4. The van der Waals surface area contributed by atoms with Crippen molar-refractivity contribution in [3.63, 3.8) is 0 Å². The summed E-state index contributed by atoms with van der Waals surface area (Å²) >= 11 is 6.46. The van der Waals surface area contributed by atoms with Gasteiger partial charge in [-0.15, -0.1) is 0 Å². The second kappa shape index (κ2) is 14.9. The number of hydrogen-bond acceptors (Lipinski definition) is 10. The average molecular weight is 687 g/mol. The van der Waals surface area contributed by atoms with Crippen LogP contribution in [0, 0.1) is 5.92 Å². The fourth-order valence-corrected chi connectivity index (χ4v) is 6.50. The minimum absolute atomic E-state index is 0.0751. The number of hydrogen-bond donors (Lipinski definition) is 5. The largest absolute Gasteiger partial charge is 0.478 e. The van der Waals surface area contributed by atoms with Crippen LogP contribution in [-0.4, -0.2) is 58.5 Å². The number of anilines is 4. The molecule has 1 saturated carbocycles. The van der Waals surface area contributed by atoms with Crippen molar-refractivity contribution in [2.75, 3.05) is 36.1 Å². The summed E-state index contributed by atoms with van der Waals surface area (Å²) in [6.07, 6.45) is 6.53. The summed E-state index contributed by atoms with van der Waals surface area (Å²) < 4.78 is 6.95. The zero-order valence-electron chi connectivity index (χ0n) is 27.3. The molecule has 14 heteroatoms. The number of piperidine rings is 1. The molecule has 0 bridgehead atoms. The molecule has 2 aromatic carbocycles. The highest BCUT2D eigenvalue weighted by Gasteiger charge is 2.28. The van der Waals surface area contributed by atoms with E-state index in [9.17, 15) is 19.2 Å². The van der Waals surface area contributed by atoms with E-state index >= 15 is 0 Å². The molecule has 1 aliphatic heterocycles. The Morgan fingerprint density at radius 1 is 1.04 bits per heavy atom. The molecule has 256 valence electrons. The number of rotatable bonds is 11. The minimum Gasteiger partial charge on any atom is -0.478 e. The molecule has 0 radical (unpaired) electrons. The first kappa shape index (κ1) is 33.7. The first-order valence-corrected chi connectivity index (χ1v) is 16.8. The number of carbonyl (C=O) groups is 3. The van der Waals surface area contributed by atoms with Gasteiger partial charge in [0.1, 0.15) is 5.02 Å². The number of fused-ring (bicyclic) bond motifs is 1. The molecule has 1 saturated heterocycles. The van der Waals surface area contributed by atoms with Gasteiger partial charge in [-0.2, -0.15) is 4.98 Å². The number of nitrogens with one attached hydrogen (secondary N) is 5. The maximum atomic E-state index is 12.7. The summed E-state index contributed by atoms with van der Waals surface area (Å²) in [7, 11) is 3.15. The minimum atomic E-state index is -0.340. The predicted molar refractivity (Wildman–Crippen MR) is 189 cm³/mol. The van der Waals surface area contributed by atoms with Crippen LogP contribution in [0.3, 0.4) is 0 Å². The topological polar surface area (TPSA) is 168 Å². The lowest BCUT2D eigenvalue weighted by atomic mass is 9.85. The van der Waals surface area contributed by atoms with Gasteiger partial charge in [-0.1, -0.05) is 23.7 Å². The fourth-order valence-electron chi connectivity index (χ4n) is 6.37. The fraction of sp³-hybridized carbons (Fsp3) is 0.371. The van der Waals surface area contributed by atoms with Gasteiger partial charge in [0.05, 0.1) is 17.6 Å². The highest BCUT2D eigenvalue weighted by molar-refractivity contribution is 6.32. The Kier molecular flexibility index (Phi) is 10.3. The number of ether oxygens (including phenoxy) is 1. The molecule has 6 rings (SSSR count). The lowest BCUT2D eigenvalue weighted by Gasteiger charge is -2.30. The van der Waals surface area contributed by atoms with Crippen molar-refractivity contribution in [3.8, 4) is 5.75 Å². The Balaban J connectivity index is 1.03.